The number of aryl methyl sites for hydroxylation is 1. The fourth-order valence-electron chi connectivity index (χ4n) is 3.02. The minimum atomic E-state index is -3.87. The molecule has 2 aromatic carbocycles. The number of benzene rings is 2. The van der Waals surface area contributed by atoms with E-state index in [2.05, 4.69) is 10.3 Å². The van der Waals surface area contributed by atoms with Gasteiger partial charge < -0.3 is 5.32 Å². The molecule has 1 amide bonds. The topological polar surface area (TPSA) is 79.4 Å². The summed E-state index contributed by atoms with van der Waals surface area (Å²) in [6, 6.07) is 11.9. The van der Waals surface area contributed by atoms with Crippen molar-refractivity contribution < 1.29 is 13.2 Å². The highest BCUT2D eigenvalue weighted by molar-refractivity contribution is 7.89. The maximum Gasteiger partial charge on any atom is 0.244 e. The summed E-state index contributed by atoms with van der Waals surface area (Å²) in [7, 11) is -3.87. The number of amides is 1. The van der Waals surface area contributed by atoms with E-state index in [-0.39, 0.29) is 18.0 Å². The molecule has 0 bridgehead atoms. The molecule has 6 nitrogen and oxygen atoms in total. The minimum absolute atomic E-state index is 0.164. The van der Waals surface area contributed by atoms with Gasteiger partial charge in [0.1, 0.15) is 0 Å². The van der Waals surface area contributed by atoms with Gasteiger partial charge in [0.15, 0.2) is 0 Å². The Morgan fingerprint density at radius 2 is 2.00 bits per heavy atom. The summed E-state index contributed by atoms with van der Waals surface area (Å²) in [6.45, 7) is 3.67. The number of hydrogen-bond acceptors (Lipinski definition) is 4. The van der Waals surface area contributed by atoms with E-state index in [1.54, 1.807) is 54.9 Å². The molecule has 0 saturated heterocycles. The lowest BCUT2D eigenvalue weighted by atomic mass is 10.2. The molecule has 1 aromatic heterocycles. The summed E-state index contributed by atoms with van der Waals surface area (Å²) >= 11 is 6.10. The summed E-state index contributed by atoms with van der Waals surface area (Å²) in [5, 5.41) is 4.56. The van der Waals surface area contributed by atoms with Crippen molar-refractivity contribution in [2.75, 3.05) is 18.4 Å². The average molecular weight is 432 g/mol. The monoisotopic (exact) mass is 431 g/mol. The molecule has 0 spiro atoms. The molecule has 3 aromatic rings. The largest absolute Gasteiger partial charge is 0.325 e. The van der Waals surface area contributed by atoms with Gasteiger partial charge in [-0.1, -0.05) is 36.7 Å². The number of aromatic nitrogens is 1. The lowest BCUT2D eigenvalue weighted by molar-refractivity contribution is -0.116. The SMILES string of the molecule is CCCN(CC(=O)Nc1ccc(C)c(Cl)c1)S(=O)(=O)c1cccc2cnccc12. The number of nitrogens with zero attached hydrogens (tertiary/aromatic N) is 2. The van der Waals surface area contributed by atoms with Crippen molar-refractivity contribution in [1.82, 2.24) is 9.29 Å². The summed E-state index contributed by atoms with van der Waals surface area (Å²) in [5.41, 5.74) is 1.42. The van der Waals surface area contributed by atoms with Crippen molar-refractivity contribution in [1.29, 1.82) is 0 Å². The van der Waals surface area contributed by atoms with Gasteiger partial charge in [-0.3, -0.25) is 9.78 Å². The minimum Gasteiger partial charge on any atom is -0.325 e. The van der Waals surface area contributed by atoms with Crippen molar-refractivity contribution in [2.24, 2.45) is 0 Å². The van der Waals surface area contributed by atoms with E-state index in [9.17, 15) is 13.2 Å². The average Bonchev–Trinajstić information content (AvgIpc) is 2.70. The zero-order valence-electron chi connectivity index (χ0n) is 16.2. The Labute approximate surface area is 175 Å². The normalized spacial score (nSPS) is 11.7. The lowest BCUT2D eigenvalue weighted by Crippen LogP contribution is -2.38. The second kappa shape index (κ2) is 8.90. The third-order valence-corrected chi connectivity index (χ3v) is 6.82. The molecule has 1 N–H and O–H groups in total. The summed E-state index contributed by atoms with van der Waals surface area (Å²) < 4.78 is 27.9. The molecule has 1 heterocycles. The van der Waals surface area contributed by atoms with Crippen molar-refractivity contribution >= 4 is 44.0 Å². The van der Waals surface area contributed by atoms with Gasteiger partial charge in [0, 0.05) is 40.4 Å². The number of carbonyl (C=O) groups excluding carboxylic acids is 1. The number of fused-ring (bicyclic) bond motifs is 1. The van der Waals surface area contributed by atoms with Gasteiger partial charge in [0.05, 0.1) is 11.4 Å². The zero-order chi connectivity index (χ0) is 21.0. The van der Waals surface area contributed by atoms with Crippen LogP contribution in [0.3, 0.4) is 0 Å². The number of nitrogens with one attached hydrogen (secondary N) is 1. The highest BCUT2D eigenvalue weighted by Gasteiger charge is 2.27. The van der Waals surface area contributed by atoms with Crippen LogP contribution < -0.4 is 5.32 Å². The molecular weight excluding hydrogens is 410 g/mol. The van der Waals surface area contributed by atoms with Crippen LogP contribution in [0.4, 0.5) is 5.69 Å². The van der Waals surface area contributed by atoms with Crippen molar-refractivity contribution in [2.45, 2.75) is 25.2 Å². The highest BCUT2D eigenvalue weighted by Crippen LogP contribution is 2.25. The third-order valence-electron chi connectivity index (χ3n) is 4.51. The zero-order valence-corrected chi connectivity index (χ0v) is 17.8. The molecular formula is C21H22ClN3O3S. The molecule has 8 heteroatoms. The van der Waals surface area contributed by atoms with Crippen LogP contribution in [0, 0.1) is 6.92 Å². The number of pyridine rings is 1. The van der Waals surface area contributed by atoms with Gasteiger partial charge in [0.25, 0.3) is 0 Å². The van der Waals surface area contributed by atoms with Crippen LogP contribution in [0.5, 0.6) is 0 Å². The van der Waals surface area contributed by atoms with Crippen LogP contribution in [-0.2, 0) is 14.8 Å². The van der Waals surface area contributed by atoms with Gasteiger partial charge in [-0.2, -0.15) is 4.31 Å². The first-order valence-corrected chi connectivity index (χ1v) is 11.0. The van der Waals surface area contributed by atoms with Crippen molar-refractivity contribution in [3.05, 3.63) is 65.4 Å². The van der Waals surface area contributed by atoms with Gasteiger partial charge in [-0.15, -0.1) is 0 Å². The first kappa shape index (κ1) is 21.2. The summed E-state index contributed by atoms with van der Waals surface area (Å²) in [6.07, 6.45) is 3.75. The maximum atomic E-state index is 13.3. The number of sulfonamides is 1. The molecule has 0 atom stereocenters. The molecule has 0 unspecified atom stereocenters. The van der Waals surface area contributed by atoms with Crippen LogP contribution in [-0.4, -0.2) is 36.7 Å². The molecule has 0 aliphatic heterocycles. The molecule has 152 valence electrons. The van der Waals surface area contributed by atoms with Crippen LogP contribution in [0.2, 0.25) is 5.02 Å². The number of anilines is 1. The molecule has 0 radical (unpaired) electrons. The van der Waals surface area contributed by atoms with Gasteiger partial charge in [-0.25, -0.2) is 8.42 Å². The summed E-state index contributed by atoms with van der Waals surface area (Å²) in [4.78, 5) is 16.8. The van der Waals surface area contributed by atoms with E-state index >= 15 is 0 Å². The van der Waals surface area contributed by atoms with Crippen LogP contribution >= 0.6 is 11.6 Å². The van der Waals surface area contributed by atoms with Gasteiger partial charge in [0.2, 0.25) is 15.9 Å². The number of halogens is 1. The second-order valence-electron chi connectivity index (χ2n) is 6.70. The molecule has 0 aliphatic rings. The Balaban J connectivity index is 1.87. The number of carbonyl (C=O) groups is 1. The molecule has 29 heavy (non-hydrogen) atoms. The molecule has 0 fully saturated rings. The quantitative estimate of drug-likeness (QED) is 0.606. The summed E-state index contributed by atoms with van der Waals surface area (Å²) in [5.74, 6) is -0.427. The standard InChI is InChI=1S/C21H22ClN3O3S/c1-3-11-25(14-21(26)24-17-8-7-15(2)19(22)12-17)29(27,28)20-6-4-5-16-13-23-10-9-18(16)20/h4-10,12-13H,3,11,14H2,1-2H3,(H,24,26). The van der Waals surface area contributed by atoms with E-state index in [1.807, 2.05) is 13.8 Å². The van der Waals surface area contributed by atoms with E-state index in [4.69, 9.17) is 11.6 Å². The first-order valence-electron chi connectivity index (χ1n) is 9.22. The Morgan fingerprint density at radius 1 is 1.21 bits per heavy atom. The van der Waals surface area contributed by atoms with E-state index in [0.717, 1.165) is 10.9 Å². The Morgan fingerprint density at radius 3 is 2.72 bits per heavy atom. The van der Waals surface area contributed by atoms with Crippen molar-refractivity contribution in [3.8, 4) is 0 Å². The predicted octanol–water partition coefficient (Wildman–Crippen LogP) is 4.24. The number of rotatable bonds is 7. The Hall–Kier alpha value is -2.48. The fourth-order valence-corrected chi connectivity index (χ4v) is 4.90. The van der Waals surface area contributed by atoms with E-state index in [0.29, 0.717) is 22.5 Å². The number of hydrogen-bond donors (Lipinski definition) is 1. The van der Waals surface area contributed by atoms with E-state index < -0.39 is 15.9 Å². The van der Waals surface area contributed by atoms with Crippen molar-refractivity contribution in [3.63, 3.8) is 0 Å². The maximum absolute atomic E-state index is 13.3. The van der Waals surface area contributed by atoms with Crippen LogP contribution in [0.1, 0.15) is 18.9 Å². The van der Waals surface area contributed by atoms with Crippen LogP contribution in [0.15, 0.2) is 59.8 Å². The fraction of sp³-hybridized carbons (Fsp3) is 0.238. The smallest absolute Gasteiger partial charge is 0.244 e. The van der Waals surface area contributed by atoms with Gasteiger partial charge in [-0.05, 0) is 43.2 Å². The third kappa shape index (κ3) is 4.75. The highest BCUT2D eigenvalue weighted by atomic mass is 35.5. The molecule has 0 saturated carbocycles. The predicted molar refractivity (Wildman–Crippen MR) is 116 cm³/mol. The Kier molecular flexibility index (Phi) is 6.52. The van der Waals surface area contributed by atoms with Crippen LogP contribution in [0.25, 0.3) is 10.8 Å². The molecule has 3 rings (SSSR count). The lowest BCUT2D eigenvalue weighted by Gasteiger charge is -2.22. The first-order chi connectivity index (χ1) is 13.8. The Bertz CT molecular complexity index is 1140. The van der Waals surface area contributed by atoms with E-state index in [1.165, 1.54) is 4.31 Å². The second-order valence-corrected chi connectivity index (χ2v) is 9.02. The van der Waals surface area contributed by atoms with Gasteiger partial charge >= 0.3 is 0 Å². The molecule has 0 aliphatic carbocycles.